The molecule has 0 spiro atoms. The van der Waals surface area contributed by atoms with Crippen molar-refractivity contribution < 1.29 is 22.8 Å². The molecule has 1 atom stereocenters. The number of rotatable bonds is 7. The Labute approximate surface area is 202 Å². The summed E-state index contributed by atoms with van der Waals surface area (Å²) in [6.45, 7) is 4.13. The fourth-order valence-corrected chi connectivity index (χ4v) is 5.48. The van der Waals surface area contributed by atoms with E-state index in [0.717, 1.165) is 4.90 Å². The largest absolute Gasteiger partial charge is 0.352 e. The molecule has 0 radical (unpaired) electrons. The molecule has 0 unspecified atom stereocenters. The number of hydrogen-bond acceptors (Lipinski definition) is 5. The van der Waals surface area contributed by atoms with Gasteiger partial charge in [0.1, 0.15) is 17.5 Å². The zero-order valence-corrected chi connectivity index (χ0v) is 20.5. The average Bonchev–Trinajstić information content (AvgIpc) is 2.93. The maximum Gasteiger partial charge on any atom is 0.269 e. The van der Waals surface area contributed by atoms with Gasteiger partial charge in [0.25, 0.3) is 15.9 Å². The number of amides is 3. The number of sulfonamides is 1. The highest BCUT2D eigenvalue weighted by Crippen LogP contribution is 2.31. The Hall–Kier alpha value is -2.62. The second-order valence-electron chi connectivity index (χ2n) is 7.87. The Morgan fingerprint density at radius 3 is 2.21 bits per heavy atom. The molecule has 1 heterocycles. The minimum atomic E-state index is -4.19. The van der Waals surface area contributed by atoms with Gasteiger partial charge in [0.05, 0.1) is 5.56 Å². The van der Waals surface area contributed by atoms with Crippen LogP contribution in [0, 0.1) is 0 Å². The van der Waals surface area contributed by atoms with Crippen LogP contribution in [0.1, 0.15) is 36.7 Å². The number of hydrogen-bond donors (Lipinski definition) is 1. The van der Waals surface area contributed by atoms with Crippen molar-refractivity contribution in [1.82, 2.24) is 14.5 Å². The summed E-state index contributed by atoms with van der Waals surface area (Å²) in [6.07, 6.45) is 0. The van der Waals surface area contributed by atoms with Crippen molar-refractivity contribution in [3.8, 4) is 0 Å². The summed E-state index contributed by atoms with van der Waals surface area (Å²) in [5, 5.41) is 3.30. The van der Waals surface area contributed by atoms with Crippen LogP contribution in [-0.4, -0.2) is 54.0 Å². The molecule has 1 N–H and O–H groups in total. The van der Waals surface area contributed by atoms with Crippen LogP contribution in [0.25, 0.3) is 0 Å². The van der Waals surface area contributed by atoms with E-state index in [4.69, 9.17) is 23.2 Å². The molecule has 0 aromatic heterocycles. The van der Waals surface area contributed by atoms with Gasteiger partial charge in [-0.3, -0.25) is 14.4 Å². The highest BCUT2D eigenvalue weighted by Gasteiger charge is 2.43. The Morgan fingerprint density at radius 2 is 1.64 bits per heavy atom. The van der Waals surface area contributed by atoms with Gasteiger partial charge in [-0.25, -0.2) is 12.7 Å². The van der Waals surface area contributed by atoms with E-state index >= 15 is 0 Å². The lowest BCUT2D eigenvalue weighted by molar-refractivity contribution is -0.140. The van der Waals surface area contributed by atoms with E-state index in [1.165, 1.54) is 25.1 Å². The molecule has 0 saturated heterocycles. The molecule has 0 fully saturated rings. The second kappa shape index (κ2) is 9.70. The van der Waals surface area contributed by atoms with Gasteiger partial charge in [0, 0.05) is 28.2 Å². The Morgan fingerprint density at radius 1 is 1.03 bits per heavy atom. The van der Waals surface area contributed by atoms with Crippen molar-refractivity contribution in [3.05, 3.63) is 63.6 Å². The minimum absolute atomic E-state index is 0.00315. The molecular weight excluding hydrogens is 489 g/mol. The summed E-state index contributed by atoms with van der Waals surface area (Å²) < 4.78 is 26.3. The van der Waals surface area contributed by atoms with E-state index in [1.54, 1.807) is 38.1 Å². The number of halogens is 2. The predicted molar refractivity (Wildman–Crippen MR) is 124 cm³/mol. The highest BCUT2D eigenvalue weighted by atomic mass is 35.5. The molecule has 1 aliphatic heterocycles. The van der Waals surface area contributed by atoms with E-state index in [2.05, 4.69) is 5.32 Å². The van der Waals surface area contributed by atoms with E-state index in [1.807, 2.05) is 0 Å². The molecule has 3 amide bonds. The summed E-state index contributed by atoms with van der Waals surface area (Å²) in [6, 6.07) is 9.39. The third kappa shape index (κ3) is 5.00. The van der Waals surface area contributed by atoms with Crippen LogP contribution in [0.15, 0.2) is 47.4 Å². The van der Waals surface area contributed by atoms with Gasteiger partial charge < -0.3 is 10.2 Å². The van der Waals surface area contributed by atoms with Crippen molar-refractivity contribution in [2.45, 2.75) is 44.3 Å². The topological polar surface area (TPSA) is 104 Å². The zero-order chi connectivity index (χ0) is 24.5. The third-order valence-corrected chi connectivity index (χ3v) is 7.67. The molecular formula is C22H23Cl2N3O5S. The molecule has 33 heavy (non-hydrogen) atoms. The van der Waals surface area contributed by atoms with Gasteiger partial charge in [-0.15, -0.1) is 0 Å². The van der Waals surface area contributed by atoms with Crippen molar-refractivity contribution in [2.24, 2.45) is 0 Å². The first-order valence-corrected chi connectivity index (χ1v) is 12.3. The SMILES string of the molecule is CC(C)NC(=O)[C@H](C)N(Cc1c(Cl)cccc1Cl)C(=O)CN1C(=O)c2ccccc2S1(=O)=O. The fraction of sp³-hybridized carbons (Fsp3) is 0.318. The first kappa shape index (κ1) is 25.0. The van der Waals surface area contributed by atoms with E-state index in [-0.39, 0.29) is 33.1 Å². The monoisotopic (exact) mass is 511 g/mol. The predicted octanol–water partition coefficient (Wildman–Crippen LogP) is 3.08. The quantitative estimate of drug-likeness (QED) is 0.614. The standard InChI is InChI=1S/C22H23Cl2N3O5S/c1-13(2)25-21(29)14(3)26(11-16-17(23)8-6-9-18(16)24)20(28)12-27-22(30)15-7-4-5-10-19(15)33(27,31)32/h4-10,13-14H,11-12H2,1-3H3,(H,25,29)/t14-/m0/s1. The Bertz CT molecular complexity index is 1200. The first-order valence-electron chi connectivity index (χ1n) is 10.1. The zero-order valence-electron chi connectivity index (χ0n) is 18.2. The minimum Gasteiger partial charge on any atom is -0.352 e. The van der Waals surface area contributed by atoms with Crippen molar-refractivity contribution in [2.75, 3.05) is 6.54 Å². The smallest absolute Gasteiger partial charge is 0.269 e. The molecule has 0 aliphatic carbocycles. The fourth-order valence-electron chi connectivity index (χ4n) is 3.44. The lowest BCUT2D eigenvalue weighted by Gasteiger charge is -2.31. The molecule has 2 aromatic rings. The second-order valence-corrected chi connectivity index (χ2v) is 10.5. The molecule has 8 nitrogen and oxygen atoms in total. The van der Waals surface area contributed by atoms with Crippen LogP contribution in [0.3, 0.4) is 0 Å². The van der Waals surface area contributed by atoms with Crippen molar-refractivity contribution >= 4 is 50.9 Å². The molecule has 1 aliphatic rings. The lowest BCUT2D eigenvalue weighted by Crippen LogP contribution is -2.52. The van der Waals surface area contributed by atoms with Crippen LogP contribution < -0.4 is 5.32 Å². The number of nitrogens with zero attached hydrogens (tertiary/aromatic N) is 2. The maximum absolute atomic E-state index is 13.3. The summed E-state index contributed by atoms with van der Waals surface area (Å²) in [7, 11) is -4.19. The molecule has 176 valence electrons. The van der Waals surface area contributed by atoms with E-state index in [0.29, 0.717) is 9.87 Å². The van der Waals surface area contributed by atoms with Crippen LogP contribution >= 0.6 is 23.2 Å². The first-order chi connectivity index (χ1) is 15.4. The Kier molecular flexibility index (Phi) is 7.36. The summed E-state index contributed by atoms with van der Waals surface area (Å²) in [5.74, 6) is -1.99. The molecule has 11 heteroatoms. The number of nitrogens with one attached hydrogen (secondary N) is 1. The summed E-state index contributed by atoms with van der Waals surface area (Å²) >= 11 is 12.5. The average molecular weight is 512 g/mol. The molecule has 2 aromatic carbocycles. The van der Waals surface area contributed by atoms with Crippen LogP contribution in [-0.2, 0) is 26.2 Å². The van der Waals surface area contributed by atoms with Crippen molar-refractivity contribution in [3.63, 3.8) is 0 Å². The number of fused-ring (bicyclic) bond motifs is 1. The van der Waals surface area contributed by atoms with E-state index in [9.17, 15) is 22.8 Å². The summed E-state index contributed by atoms with van der Waals surface area (Å²) in [5.41, 5.74) is 0.397. The molecule has 0 bridgehead atoms. The number of carbonyl (C=O) groups excluding carboxylic acids is 3. The van der Waals surface area contributed by atoms with Gasteiger partial charge in [-0.2, -0.15) is 0 Å². The van der Waals surface area contributed by atoms with Gasteiger partial charge in [-0.05, 0) is 45.0 Å². The van der Waals surface area contributed by atoms with E-state index < -0.39 is 40.3 Å². The van der Waals surface area contributed by atoms with Crippen LogP contribution in [0.2, 0.25) is 10.0 Å². The third-order valence-electron chi connectivity index (χ3n) is 5.18. The van der Waals surface area contributed by atoms with Crippen LogP contribution in [0.4, 0.5) is 0 Å². The normalized spacial score (nSPS) is 15.3. The number of carbonyl (C=O) groups is 3. The maximum atomic E-state index is 13.3. The van der Waals surface area contributed by atoms with Gasteiger partial charge in [0.2, 0.25) is 11.8 Å². The Balaban J connectivity index is 1.94. The van der Waals surface area contributed by atoms with Crippen LogP contribution in [0.5, 0.6) is 0 Å². The number of benzene rings is 2. The highest BCUT2D eigenvalue weighted by molar-refractivity contribution is 7.90. The van der Waals surface area contributed by atoms with Gasteiger partial charge >= 0.3 is 0 Å². The van der Waals surface area contributed by atoms with Gasteiger partial charge in [0.15, 0.2) is 0 Å². The molecule has 3 rings (SSSR count). The lowest BCUT2D eigenvalue weighted by atomic mass is 10.1. The van der Waals surface area contributed by atoms with Gasteiger partial charge in [-0.1, -0.05) is 41.4 Å². The molecule has 0 saturated carbocycles. The summed E-state index contributed by atoms with van der Waals surface area (Å²) in [4.78, 5) is 39.8. The van der Waals surface area contributed by atoms with Crippen molar-refractivity contribution in [1.29, 1.82) is 0 Å².